The number of tetrazole rings is 1. The first-order chi connectivity index (χ1) is 15.1. The van der Waals surface area contributed by atoms with Crippen LogP contribution in [0.15, 0.2) is 47.6 Å². The lowest BCUT2D eigenvalue weighted by molar-refractivity contribution is -0.113. The van der Waals surface area contributed by atoms with E-state index in [-0.39, 0.29) is 11.7 Å². The van der Waals surface area contributed by atoms with Gasteiger partial charge in [-0.3, -0.25) is 4.79 Å². The molecule has 0 saturated carbocycles. The zero-order valence-corrected chi connectivity index (χ0v) is 18.9. The van der Waals surface area contributed by atoms with Gasteiger partial charge < -0.3 is 10.2 Å². The van der Waals surface area contributed by atoms with E-state index >= 15 is 0 Å². The average molecular weight is 437 g/mol. The van der Waals surface area contributed by atoms with Crippen molar-refractivity contribution >= 4 is 29.0 Å². The van der Waals surface area contributed by atoms with Crippen LogP contribution in [0.1, 0.15) is 36.8 Å². The zero-order valence-electron chi connectivity index (χ0n) is 18.0. The fraction of sp³-hybridized carbons (Fsp3) is 0.391. The van der Waals surface area contributed by atoms with Crippen molar-refractivity contribution in [3.05, 3.63) is 53.6 Å². The van der Waals surface area contributed by atoms with Gasteiger partial charge in [-0.05, 0) is 72.5 Å². The predicted molar refractivity (Wildman–Crippen MR) is 125 cm³/mol. The van der Waals surface area contributed by atoms with E-state index in [1.54, 1.807) is 4.68 Å². The fourth-order valence-electron chi connectivity index (χ4n) is 3.96. The monoisotopic (exact) mass is 436 g/mol. The lowest BCUT2D eigenvalue weighted by Crippen LogP contribution is -2.23. The molecule has 3 aromatic rings. The second-order valence-corrected chi connectivity index (χ2v) is 8.84. The number of nitrogens with zero attached hydrogens (tertiary/aromatic N) is 5. The summed E-state index contributed by atoms with van der Waals surface area (Å²) in [6.45, 7) is 6.27. The topological polar surface area (TPSA) is 75.9 Å². The first-order valence-corrected chi connectivity index (χ1v) is 11.7. The SMILES string of the molecule is Cc1cccc(C)c1-n1nnnc1SCC(=O)Nc1ccc(N2CCCCCC2)cc1. The van der Waals surface area contributed by atoms with Gasteiger partial charge in [0, 0.05) is 24.5 Å². The van der Waals surface area contributed by atoms with Crippen molar-refractivity contribution < 1.29 is 4.79 Å². The standard InChI is InChI=1S/C23H28N6OS/c1-17-8-7-9-18(2)22(17)29-23(25-26-27-29)31-16-21(30)24-19-10-12-20(13-11-19)28-14-5-3-4-6-15-28/h7-13H,3-6,14-16H2,1-2H3,(H,24,30). The van der Waals surface area contributed by atoms with Gasteiger partial charge >= 0.3 is 0 Å². The van der Waals surface area contributed by atoms with Crippen LogP contribution in [0.2, 0.25) is 0 Å². The van der Waals surface area contributed by atoms with Gasteiger partial charge in [0.15, 0.2) is 0 Å². The summed E-state index contributed by atoms with van der Waals surface area (Å²) >= 11 is 1.33. The van der Waals surface area contributed by atoms with Gasteiger partial charge in [-0.2, -0.15) is 4.68 Å². The van der Waals surface area contributed by atoms with E-state index in [0.29, 0.717) is 5.16 Å². The Labute approximate surface area is 187 Å². The number of carbonyl (C=O) groups excluding carboxylic acids is 1. The highest BCUT2D eigenvalue weighted by Crippen LogP contribution is 2.24. The summed E-state index contributed by atoms with van der Waals surface area (Å²) in [4.78, 5) is 14.9. The van der Waals surface area contributed by atoms with Gasteiger partial charge in [0.2, 0.25) is 11.1 Å². The number of hydrogen-bond acceptors (Lipinski definition) is 6. The Bertz CT molecular complexity index is 1000. The maximum absolute atomic E-state index is 12.5. The van der Waals surface area contributed by atoms with Crippen molar-refractivity contribution in [2.75, 3.05) is 29.1 Å². The Hall–Kier alpha value is -2.87. The third-order valence-electron chi connectivity index (χ3n) is 5.55. The minimum Gasteiger partial charge on any atom is -0.372 e. The average Bonchev–Trinajstić information content (AvgIpc) is 3.04. The molecule has 2 heterocycles. The third-order valence-corrected chi connectivity index (χ3v) is 6.47. The van der Waals surface area contributed by atoms with Crippen LogP contribution in [0.5, 0.6) is 0 Å². The van der Waals surface area contributed by atoms with Crippen molar-refractivity contribution in [3.8, 4) is 5.69 Å². The van der Waals surface area contributed by atoms with Crippen LogP contribution in [0.25, 0.3) is 5.69 Å². The van der Waals surface area contributed by atoms with Crippen LogP contribution in [-0.4, -0.2) is 45.0 Å². The van der Waals surface area contributed by atoms with Crippen LogP contribution in [-0.2, 0) is 4.79 Å². The maximum Gasteiger partial charge on any atom is 0.234 e. The van der Waals surface area contributed by atoms with E-state index in [2.05, 4.69) is 37.9 Å². The molecular formula is C23H28N6OS. The molecule has 8 heteroatoms. The summed E-state index contributed by atoms with van der Waals surface area (Å²) in [5, 5.41) is 15.6. The lowest BCUT2D eigenvalue weighted by Gasteiger charge is -2.22. The number of thioether (sulfide) groups is 1. The minimum atomic E-state index is -0.0800. The Balaban J connectivity index is 1.36. The molecule has 0 radical (unpaired) electrons. The van der Waals surface area contributed by atoms with E-state index in [1.807, 2.05) is 44.2 Å². The fourth-order valence-corrected chi connectivity index (χ4v) is 4.64. The van der Waals surface area contributed by atoms with Crippen LogP contribution in [0, 0.1) is 13.8 Å². The molecule has 1 aliphatic rings. The van der Waals surface area contributed by atoms with E-state index in [9.17, 15) is 4.79 Å². The largest absolute Gasteiger partial charge is 0.372 e. The molecule has 0 atom stereocenters. The second-order valence-electron chi connectivity index (χ2n) is 7.90. The number of carbonyl (C=O) groups is 1. The van der Waals surface area contributed by atoms with Crippen LogP contribution in [0.3, 0.4) is 0 Å². The molecule has 1 aliphatic heterocycles. The third kappa shape index (κ3) is 5.25. The molecule has 1 aromatic heterocycles. The first kappa shape index (κ1) is 21.4. The number of benzene rings is 2. The maximum atomic E-state index is 12.5. The van der Waals surface area contributed by atoms with Crippen molar-refractivity contribution in [2.24, 2.45) is 0 Å². The van der Waals surface area contributed by atoms with Crippen molar-refractivity contribution in [3.63, 3.8) is 0 Å². The Morgan fingerprint density at radius 2 is 1.68 bits per heavy atom. The Morgan fingerprint density at radius 3 is 2.35 bits per heavy atom. The molecule has 0 bridgehead atoms. The summed E-state index contributed by atoms with van der Waals surface area (Å²) in [7, 11) is 0. The predicted octanol–water partition coefficient (Wildman–Crippen LogP) is 4.39. The smallest absolute Gasteiger partial charge is 0.234 e. The number of para-hydroxylation sites is 1. The number of anilines is 2. The summed E-state index contributed by atoms with van der Waals surface area (Å²) < 4.78 is 1.71. The van der Waals surface area contributed by atoms with Crippen molar-refractivity contribution in [1.29, 1.82) is 0 Å². The number of rotatable bonds is 6. The number of aromatic nitrogens is 4. The molecule has 1 amide bonds. The van der Waals surface area contributed by atoms with Gasteiger partial charge in [-0.25, -0.2) is 0 Å². The highest BCUT2D eigenvalue weighted by atomic mass is 32.2. The van der Waals surface area contributed by atoms with Gasteiger partial charge in [0.1, 0.15) is 0 Å². The van der Waals surface area contributed by atoms with Gasteiger partial charge in [0.05, 0.1) is 11.4 Å². The summed E-state index contributed by atoms with van der Waals surface area (Å²) in [5.41, 5.74) is 5.16. The molecule has 31 heavy (non-hydrogen) atoms. The summed E-state index contributed by atoms with van der Waals surface area (Å²) in [5.74, 6) is 0.155. The van der Waals surface area contributed by atoms with Crippen molar-refractivity contribution in [2.45, 2.75) is 44.7 Å². The highest BCUT2D eigenvalue weighted by molar-refractivity contribution is 7.99. The number of hydrogen-bond donors (Lipinski definition) is 1. The summed E-state index contributed by atoms with van der Waals surface area (Å²) in [6, 6.07) is 14.2. The molecule has 1 fully saturated rings. The molecule has 162 valence electrons. The van der Waals surface area contributed by atoms with Crippen LogP contribution >= 0.6 is 11.8 Å². The number of nitrogens with one attached hydrogen (secondary N) is 1. The highest BCUT2D eigenvalue weighted by Gasteiger charge is 2.15. The van der Waals surface area contributed by atoms with E-state index in [1.165, 1.54) is 43.1 Å². The van der Waals surface area contributed by atoms with Crippen LogP contribution < -0.4 is 10.2 Å². The van der Waals surface area contributed by atoms with E-state index in [0.717, 1.165) is 35.6 Å². The van der Waals surface area contributed by atoms with Gasteiger partial charge in [0.25, 0.3) is 0 Å². The minimum absolute atomic E-state index is 0.0800. The van der Waals surface area contributed by atoms with E-state index < -0.39 is 0 Å². The molecule has 0 aliphatic carbocycles. The lowest BCUT2D eigenvalue weighted by atomic mass is 10.1. The molecule has 1 N–H and O–H groups in total. The Kier molecular flexibility index (Phi) is 6.86. The van der Waals surface area contributed by atoms with Crippen molar-refractivity contribution in [1.82, 2.24) is 20.2 Å². The molecule has 1 saturated heterocycles. The zero-order chi connectivity index (χ0) is 21.6. The molecular weight excluding hydrogens is 408 g/mol. The quantitative estimate of drug-likeness (QED) is 0.578. The molecule has 4 rings (SSSR count). The molecule has 0 spiro atoms. The first-order valence-electron chi connectivity index (χ1n) is 10.7. The summed E-state index contributed by atoms with van der Waals surface area (Å²) in [6.07, 6.45) is 5.12. The van der Waals surface area contributed by atoms with E-state index in [4.69, 9.17) is 0 Å². The normalized spacial score (nSPS) is 14.3. The second kappa shape index (κ2) is 9.96. The van der Waals surface area contributed by atoms with Gasteiger partial charge in [-0.15, -0.1) is 5.10 Å². The number of aryl methyl sites for hydroxylation is 2. The molecule has 7 nitrogen and oxygen atoms in total. The molecule has 2 aromatic carbocycles. The molecule has 0 unspecified atom stereocenters. The van der Waals surface area contributed by atoms with Gasteiger partial charge in [-0.1, -0.05) is 42.8 Å². The number of amides is 1. The Morgan fingerprint density at radius 1 is 1.00 bits per heavy atom. The van der Waals surface area contributed by atoms with Crippen LogP contribution in [0.4, 0.5) is 11.4 Å².